The van der Waals surface area contributed by atoms with Crippen molar-refractivity contribution in [3.8, 4) is 5.75 Å². The number of amides is 1. The second-order valence-electron chi connectivity index (χ2n) is 8.01. The number of nitrogens with zero attached hydrogens (tertiary/aromatic N) is 1. The summed E-state index contributed by atoms with van der Waals surface area (Å²) >= 11 is 1.43. The van der Waals surface area contributed by atoms with Crippen LogP contribution in [-0.2, 0) is 21.4 Å². The molecular weight excluding hydrogens is 405 g/mol. The van der Waals surface area contributed by atoms with Crippen LogP contribution in [0.3, 0.4) is 0 Å². The molecule has 10 heteroatoms. The van der Waals surface area contributed by atoms with Crippen molar-refractivity contribution in [1.29, 1.82) is 0 Å². The third-order valence-electron chi connectivity index (χ3n) is 5.43. The van der Waals surface area contributed by atoms with Gasteiger partial charge in [-0.25, -0.2) is 13.4 Å². The molecule has 1 atom stereocenters. The number of carbonyl (C=O) groups is 1. The van der Waals surface area contributed by atoms with E-state index >= 15 is 4.39 Å². The highest BCUT2D eigenvalue weighted by atomic mass is 32.2. The number of hydrogen-bond donors (Lipinski definition) is 3. The molecule has 2 aliphatic heterocycles. The minimum atomic E-state index is -4.20. The molecule has 0 radical (unpaired) electrons. The van der Waals surface area contributed by atoms with Crippen molar-refractivity contribution in [2.75, 3.05) is 23.1 Å². The lowest BCUT2D eigenvalue weighted by Gasteiger charge is -2.29. The van der Waals surface area contributed by atoms with Crippen LogP contribution in [0.4, 0.5) is 10.1 Å². The molecule has 2 heterocycles. The molecule has 3 rings (SSSR count). The Kier molecular flexibility index (Phi) is 5.84. The van der Waals surface area contributed by atoms with Gasteiger partial charge in [-0.05, 0) is 30.9 Å². The molecule has 1 aromatic rings. The Bertz CT molecular complexity index is 889. The number of rotatable bonds is 6. The number of aromatic hydroxyl groups is 1. The van der Waals surface area contributed by atoms with Crippen molar-refractivity contribution in [3.05, 3.63) is 17.4 Å². The molecule has 0 spiro atoms. The fourth-order valence-corrected chi connectivity index (χ4v) is 5.59. The number of thioether (sulfide) groups is 1. The van der Waals surface area contributed by atoms with E-state index in [4.69, 9.17) is 0 Å². The number of anilines is 1. The van der Waals surface area contributed by atoms with E-state index in [1.807, 2.05) is 0 Å². The monoisotopic (exact) mass is 431 g/mol. The fourth-order valence-electron chi connectivity index (χ4n) is 3.26. The molecule has 1 saturated heterocycles. The zero-order valence-electron chi connectivity index (χ0n) is 16.2. The summed E-state index contributed by atoms with van der Waals surface area (Å²) in [5, 5.41) is 13.7. The van der Waals surface area contributed by atoms with E-state index in [0.29, 0.717) is 21.2 Å². The number of benzene rings is 1. The van der Waals surface area contributed by atoms with Crippen molar-refractivity contribution in [2.24, 2.45) is 5.41 Å². The predicted octanol–water partition coefficient (Wildman–Crippen LogP) is 2.15. The zero-order chi connectivity index (χ0) is 20.7. The van der Waals surface area contributed by atoms with Crippen molar-refractivity contribution in [2.45, 2.75) is 51.0 Å². The summed E-state index contributed by atoms with van der Waals surface area (Å²) in [6.07, 6.45) is 2.47. The first kappa shape index (κ1) is 21.2. The second-order valence-corrected chi connectivity index (χ2v) is 10.7. The molecule has 3 N–H and O–H groups in total. The lowest BCUT2D eigenvalue weighted by Crippen LogP contribution is -2.38. The van der Waals surface area contributed by atoms with Gasteiger partial charge in [-0.3, -0.25) is 4.79 Å². The Morgan fingerprint density at radius 3 is 2.79 bits per heavy atom. The van der Waals surface area contributed by atoms with E-state index in [2.05, 4.69) is 26.1 Å². The van der Waals surface area contributed by atoms with E-state index in [9.17, 15) is 18.3 Å². The number of phenols is 1. The number of halogens is 1. The highest BCUT2D eigenvalue weighted by Crippen LogP contribution is 2.42. The minimum Gasteiger partial charge on any atom is -0.506 e. The van der Waals surface area contributed by atoms with Gasteiger partial charge in [-0.1, -0.05) is 27.2 Å². The first-order valence-electron chi connectivity index (χ1n) is 9.28. The third kappa shape index (κ3) is 4.23. The summed E-state index contributed by atoms with van der Waals surface area (Å²) in [5.41, 5.74) is 0.136. The summed E-state index contributed by atoms with van der Waals surface area (Å²) in [4.78, 5) is 12.1. The zero-order valence-corrected chi connectivity index (χ0v) is 17.8. The maximum absolute atomic E-state index is 15.2. The van der Waals surface area contributed by atoms with Crippen LogP contribution < -0.4 is 14.3 Å². The van der Waals surface area contributed by atoms with Crippen molar-refractivity contribution in [3.63, 3.8) is 0 Å². The van der Waals surface area contributed by atoms with E-state index in [0.717, 1.165) is 25.1 Å². The Hall–Kier alpha value is -1.52. The highest BCUT2D eigenvalue weighted by molar-refractivity contribution is 7.99. The lowest BCUT2D eigenvalue weighted by molar-refractivity contribution is -0.117. The molecule has 0 aliphatic carbocycles. The van der Waals surface area contributed by atoms with Crippen LogP contribution in [0.1, 0.15) is 39.2 Å². The van der Waals surface area contributed by atoms with Crippen LogP contribution in [0.25, 0.3) is 0 Å². The van der Waals surface area contributed by atoms with Crippen molar-refractivity contribution < 1.29 is 22.7 Å². The molecule has 0 bridgehead atoms. The van der Waals surface area contributed by atoms with Gasteiger partial charge in [0.05, 0.1) is 0 Å². The third-order valence-corrected chi connectivity index (χ3v) is 8.05. The Labute approximate surface area is 169 Å². The van der Waals surface area contributed by atoms with Crippen molar-refractivity contribution in [1.82, 2.24) is 10.0 Å². The molecule has 156 valence electrons. The number of carbonyl (C=O) groups excluding carboxylic acids is 1. The van der Waals surface area contributed by atoms with E-state index in [1.54, 1.807) is 4.72 Å². The first-order valence-corrected chi connectivity index (χ1v) is 11.7. The Morgan fingerprint density at radius 1 is 1.46 bits per heavy atom. The van der Waals surface area contributed by atoms with Gasteiger partial charge < -0.3 is 10.4 Å². The van der Waals surface area contributed by atoms with Crippen LogP contribution in [0, 0.1) is 11.2 Å². The van der Waals surface area contributed by atoms with Crippen LogP contribution in [-0.4, -0.2) is 44.3 Å². The van der Waals surface area contributed by atoms with E-state index in [1.165, 1.54) is 17.8 Å². The molecule has 1 aromatic carbocycles. The molecule has 0 unspecified atom stereocenters. The largest absolute Gasteiger partial charge is 0.506 e. The molecule has 28 heavy (non-hydrogen) atoms. The maximum Gasteiger partial charge on any atom is 0.326 e. The summed E-state index contributed by atoms with van der Waals surface area (Å²) < 4.78 is 41.8. The molecule has 0 saturated carbocycles. The molecule has 1 amide bonds. The first-order chi connectivity index (χ1) is 13.0. The van der Waals surface area contributed by atoms with Crippen LogP contribution in [0.5, 0.6) is 5.75 Å². The van der Waals surface area contributed by atoms with E-state index in [-0.39, 0.29) is 11.5 Å². The molecule has 0 aromatic heterocycles. The number of phenolic OH excluding ortho intramolecular Hbond substituents is 1. The van der Waals surface area contributed by atoms with Gasteiger partial charge in [-0.15, -0.1) is 11.8 Å². The predicted molar refractivity (Wildman–Crippen MR) is 107 cm³/mol. The topological polar surface area (TPSA) is 98.7 Å². The molecule has 1 fully saturated rings. The maximum atomic E-state index is 15.2. The highest BCUT2D eigenvalue weighted by Gasteiger charge is 2.39. The average molecular weight is 432 g/mol. The van der Waals surface area contributed by atoms with Gasteiger partial charge in [0.25, 0.3) is 5.91 Å². The standard InChI is InChI=1S/C18H26FN3O4S2/c1-4-18(2,3)5-6-20-11-7-12-14(27-10-11)8-13(23)17(16(12)19)22-9-15(24)21-28(22,25)26/h8,11,20,23H,4-7,9-10H2,1-3H3,(H,21,24)/t11-/m0/s1. The van der Waals surface area contributed by atoms with Gasteiger partial charge >= 0.3 is 10.2 Å². The molecule has 2 aliphatic rings. The molecular formula is C18H26FN3O4S2. The van der Waals surface area contributed by atoms with Crippen LogP contribution in [0.15, 0.2) is 11.0 Å². The van der Waals surface area contributed by atoms with Gasteiger partial charge in [0, 0.05) is 22.3 Å². The SMILES string of the molecule is CCC(C)(C)CCN[C@@H]1CSc2cc(O)c(N3CC(=O)NS3(=O)=O)c(F)c2C1. The summed E-state index contributed by atoms with van der Waals surface area (Å²) in [6.45, 7) is 6.84. The van der Waals surface area contributed by atoms with Crippen molar-refractivity contribution >= 4 is 33.6 Å². The minimum absolute atomic E-state index is 0.0481. The summed E-state index contributed by atoms with van der Waals surface area (Å²) in [7, 11) is -4.20. The fraction of sp³-hybridized carbons (Fsp3) is 0.611. The summed E-state index contributed by atoms with van der Waals surface area (Å²) in [5.74, 6) is -1.30. The average Bonchev–Trinajstić information content (AvgIpc) is 2.87. The van der Waals surface area contributed by atoms with E-state index < -0.39 is 39.9 Å². The smallest absolute Gasteiger partial charge is 0.326 e. The Morgan fingerprint density at radius 2 is 2.18 bits per heavy atom. The van der Waals surface area contributed by atoms with Gasteiger partial charge in [0.15, 0.2) is 5.82 Å². The number of hydrogen-bond acceptors (Lipinski definition) is 6. The Balaban J connectivity index is 1.81. The van der Waals surface area contributed by atoms with Crippen LogP contribution >= 0.6 is 11.8 Å². The molecule has 7 nitrogen and oxygen atoms in total. The quantitative estimate of drug-likeness (QED) is 0.638. The van der Waals surface area contributed by atoms with Gasteiger partial charge in [0.1, 0.15) is 18.0 Å². The van der Waals surface area contributed by atoms with Gasteiger partial charge in [-0.2, -0.15) is 8.42 Å². The number of fused-ring (bicyclic) bond motifs is 1. The normalized spacial score (nSPS) is 21.5. The summed E-state index contributed by atoms with van der Waals surface area (Å²) in [6, 6.07) is 1.43. The number of nitrogens with one attached hydrogen (secondary N) is 2. The van der Waals surface area contributed by atoms with Crippen LogP contribution in [0.2, 0.25) is 0 Å². The lowest BCUT2D eigenvalue weighted by atomic mass is 9.86. The second kappa shape index (κ2) is 7.72. The van der Waals surface area contributed by atoms with Gasteiger partial charge in [0.2, 0.25) is 0 Å².